The van der Waals surface area contributed by atoms with Crippen LogP contribution in [0.25, 0.3) is 0 Å². The van der Waals surface area contributed by atoms with Crippen molar-refractivity contribution in [3.8, 4) is 0 Å². The predicted octanol–water partition coefficient (Wildman–Crippen LogP) is 3.11. The topological polar surface area (TPSA) is 64.4 Å². The first-order valence-electron chi connectivity index (χ1n) is 9.52. The van der Waals surface area contributed by atoms with E-state index < -0.39 is 5.97 Å². The van der Waals surface area contributed by atoms with Crippen LogP contribution in [0.3, 0.4) is 0 Å². The van der Waals surface area contributed by atoms with E-state index in [0.717, 1.165) is 37.1 Å². The largest absolute Gasteiger partial charge is 0.452 e. The summed E-state index contributed by atoms with van der Waals surface area (Å²) in [4.78, 5) is 26.8. The SMILES string of the molecule is Cc1nn(Cc2ccccc2)c(C)c1C(=O)OCC(=O)N1CCCC[C@@H]1C. The summed E-state index contributed by atoms with van der Waals surface area (Å²) < 4.78 is 7.13. The van der Waals surface area contributed by atoms with Crippen molar-refractivity contribution in [1.82, 2.24) is 14.7 Å². The van der Waals surface area contributed by atoms with Gasteiger partial charge in [0.25, 0.3) is 5.91 Å². The van der Waals surface area contributed by atoms with E-state index in [1.54, 1.807) is 11.6 Å². The normalized spacial score (nSPS) is 17.0. The zero-order chi connectivity index (χ0) is 19.4. The Balaban J connectivity index is 1.65. The summed E-state index contributed by atoms with van der Waals surface area (Å²) in [6.45, 7) is 6.80. The van der Waals surface area contributed by atoms with E-state index in [1.807, 2.05) is 49.1 Å². The van der Waals surface area contributed by atoms with E-state index in [4.69, 9.17) is 4.74 Å². The highest BCUT2D eigenvalue weighted by atomic mass is 16.5. The van der Waals surface area contributed by atoms with Crippen molar-refractivity contribution in [2.45, 2.75) is 52.6 Å². The molecule has 2 heterocycles. The minimum Gasteiger partial charge on any atom is -0.452 e. The van der Waals surface area contributed by atoms with Gasteiger partial charge < -0.3 is 9.64 Å². The molecule has 0 radical (unpaired) electrons. The van der Waals surface area contributed by atoms with Gasteiger partial charge in [0.15, 0.2) is 6.61 Å². The molecule has 1 aromatic carbocycles. The van der Waals surface area contributed by atoms with Crippen LogP contribution in [-0.2, 0) is 16.1 Å². The maximum atomic E-state index is 12.6. The molecule has 3 rings (SSSR count). The molecule has 6 nitrogen and oxygen atoms in total. The highest BCUT2D eigenvalue weighted by Crippen LogP contribution is 2.18. The minimum absolute atomic E-state index is 0.123. The van der Waals surface area contributed by atoms with Crippen molar-refractivity contribution in [2.75, 3.05) is 13.2 Å². The lowest BCUT2D eigenvalue weighted by Crippen LogP contribution is -2.44. The van der Waals surface area contributed by atoms with Gasteiger partial charge in [0.1, 0.15) is 5.56 Å². The average molecular weight is 369 g/mol. The molecular weight excluding hydrogens is 342 g/mol. The maximum absolute atomic E-state index is 12.6. The molecule has 0 saturated carbocycles. The van der Waals surface area contributed by atoms with Crippen LogP contribution in [0.4, 0.5) is 0 Å². The third-order valence-electron chi connectivity index (χ3n) is 5.21. The number of hydrogen-bond acceptors (Lipinski definition) is 4. The Morgan fingerprint density at radius 2 is 1.93 bits per heavy atom. The summed E-state index contributed by atoms with van der Waals surface area (Å²) >= 11 is 0. The molecule has 2 aromatic rings. The first kappa shape index (κ1) is 19.1. The van der Waals surface area contributed by atoms with Gasteiger partial charge in [0.2, 0.25) is 0 Å². The van der Waals surface area contributed by atoms with Gasteiger partial charge in [-0.25, -0.2) is 4.79 Å². The van der Waals surface area contributed by atoms with Gasteiger partial charge in [-0.05, 0) is 45.6 Å². The molecule has 1 aliphatic heterocycles. The van der Waals surface area contributed by atoms with Gasteiger partial charge in [0, 0.05) is 12.6 Å². The smallest absolute Gasteiger partial charge is 0.342 e. The van der Waals surface area contributed by atoms with Crippen molar-refractivity contribution >= 4 is 11.9 Å². The highest BCUT2D eigenvalue weighted by Gasteiger charge is 2.26. The van der Waals surface area contributed by atoms with Gasteiger partial charge in [0.05, 0.1) is 17.9 Å². The molecule has 1 aromatic heterocycles. The van der Waals surface area contributed by atoms with Crippen molar-refractivity contribution in [3.05, 3.63) is 52.8 Å². The molecule has 6 heteroatoms. The quantitative estimate of drug-likeness (QED) is 0.760. The molecule has 144 valence electrons. The molecule has 0 aliphatic carbocycles. The van der Waals surface area contributed by atoms with E-state index >= 15 is 0 Å². The summed E-state index contributed by atoms with van der Waals surface area (Å²) in [5.74, 6) is -0.607. The Bertz CT molecular complexity index is 814. The molecule has 1 aliphatic rings. The molecule has 1 fully saturated rings. The number of benzene rings is 1. The first-order valence-corrected chi connectivity index (χ1v) is 9.52. The van der Waals surface area contributed by atoms with Crippen LogP contribution in [0.5, 0.6) is 0 Å². The molecule has 1 saturated heterocycles. The van der Waals surface area contributed by atoms with Gasteiger partial charge >= 0.3 is 5.97 Å². The van der Waals surface area contributed by atoms with Gasteiger partial charge in [-0.2, -0.15) is 5.10 Å². The number of piperidine rings is 1. The zero-order valence-corrected chi connectivity index (χ0v) is 16.3. The molecule has 0 bridgehead atoms. The molecular formula is C21H27N3O3. The number of nitrogens with zero attached hydrogens (tertiary/aromatic N) is 3. The van der Waals surface area contributed by atoms with Crippen LogP contribution in [0, 0.1) is 13.8 Å². The summed E-state index contributed by atoms with van der Waals surface area (Å²) in [6.07, 6.45) is 3.16. The molecule has 0 unspecified atom stereocenters. The van der Waals surface area contributed by atoms with Crippen molar-refractivity contribution in [1.29, 1.82) is 0 Å². The molecule has 1 amide bonds. The third kappa shape index (κ3) is 4.38. The maximum Gasteiger partial charge on any atom is 0.342 e. The number of aryl methyl sites for hydroxylation is 1. The number of esters is 1. The van der Waals surface area contributed by atoms with Crippen LogP contribution >= 0.6 is 0 Å². The van der Waals surface area contributed by atoms with E-state index in [1.165, 1.54) is 0 Å². The van der Waals surface area contributed by atoms with E-state index in [0.29, 0.717) is 17.8 Å². The van der Waals surface area contributed by atoms with Gasteiger partial charge in [-0.3, -0.25) is 9.48 Å². The number of carbonyl (C=O) groups excluding carboxylic acids is 2. The molecule has 1 atom stereocenters. The Labute approximate surface area is 160 Å². The predicted molar refractivity (Wildman–Crippen MR) is 103 cm³/mol. The lowest BCUT2D eigenvalue weighted by atomic mass is 10.0. The van der Waals surface area contributed by atoms with E-state index in [2.05, 4.69) is 5.10 Å². The second-order valence-corrected chi connectivity index (χ2v) is 7.20. The zero-order valence-electron chi connectivity index (χ0n) is 16.3. The lowest BCUT2D eigenvalue weighted by Gasteiger charge is -2.33. The fourth-order valence-electron chi connectivity index (χ4n) is 3.65. The third-order valence-corrected chi connectivity index (χ3v) is 5.21. The number of aromatic nitrogens is 2. The number of likely N-dealkylation sites (tertiary alicyclic amines) is 1. The van der Waals surface area contributed by atoms with Gasteiger partial charge in [-0.15, -0.1) is 0 Å². The number of amides is 1. The first-order chi connectivity index (χ1) is 13.0. The summed E-state index contributed by atoms with van der Waals surface area (Å²) in [5, 5.41) is 4.48. The molecule has 27 heavy (non-hydrogen) atoms. The van der Waals surface area contributed by atoms with Crippen LogP contribution in [-0.4, -0.2) is 45.8 Å². The number of carbonyl (C=O) groups is 2. The summed E-state index contributed by atoms with van der Waals surface area (Å²) in [7, 11) is 0. The van der Waals surface area contributed by atoms with Crippen molar-refractivity contribution < 1.29 is 14.3 Å². The fourth-order valence-corrected chi connectivity index (χ4v) is 3.65. The standard InChI is InChI=1S/C21H27N3O3/c1-15-9-7-8-12-23(15)19(25)14-27-21(26)20-16(2)22-24(17(20)3)13-18-10-5-4-6-11-18/h4-6,10-11,15H,7-9,12-14H2,1-3H3/t15-/m0/s1. The van der Waals surface area contributed by atoms with Crippen LogP contribution in [0.15, 0.2) is 30.3 Å². The molecule has 0 spiro atoms. The Morgan fingerprint density at radius 1 is 1.19 bits per heavy atom. The second-order valence-electron chi connectivity index (χ2n) is 7.20. The lowest BCUT2D eigenvalue weighted by molar-refractivity contribution is -0.137. The minimum atomic E-state index is -0.484. The van der Waals surface area contributed by atoms with Crippen LogP contribution in [0.2, 0.25) is 0 Å². The Morgan fingerprint density at radius 3 is 2.63 bits per heavy atom. The van der Waals surface area contributed by atoms with Crippen molar-refractivity contribution in [3.63, 3.8) is 0 Å². The monoisotopic (exact) mass is 369 g/mol. The number of rotatable bonds is 5. The fraction of sp³-hybridized carbons (Fsp3) is 0.476. The van der Waals surface area contributed by atoms with Gasteiger partial charge in [-0.1, -0.05) is 30.3 Å². The van der Waals surface area contributed by atoms with E-state index in [9.17, 15) is 9.59 Å². The Kier molecular flexibility index (Phi) is 5.94. The summed E-state index contributed by atoms with van der Waals surface area (Å²) in [5.41, 5.74) is 2.93. The van der Waals surface area contributed by atoms with Crippen LogP contribution in [0.1, 0.15) is 53.5 Å². The average Bonchev–Trinajstić information content (AvgIpc) is 2.94. The summed E-state index contributed by atoms with van der Waals surface area (Å²) in [6, 6.07) is 10.2. The van der Waals surface area contributed by atoms with Crippen molar-refractivity contribution in [2.24, 2.45) is 0 Å². The van der Waals surface area contributed by atoms with E-state index in [-0.39, 0.29) is 18.6 Å². The number of ether oxygens (including phenoxy) is 1. The Hall–Kier alpha value is -2.63. The highest BCUT2D eigenvalue weighted by molar-refractivity contribution is 5.93. The second kappa shape index (κ2) is 8.37. The van der Waals surface area contributed by atoms with Crippen LogP contribution < -0.4 is 0 Å². The molecule has 0 N–H and O–H groups in total. The number of hydrogen-bond donors (Lipinski definition) is 0.